The third-order valence-corrected chi connectivity index (χ3v) is 2.47. The lowest BCUT2D eigenvalue weighted by Crippen LogP contribution is -2.10. The Bertz CT molecular complexity index is 352. The molecule has 0 aliphatic carbocycles. The lowest BCUT2D eigenvalue weighted by Gasteiger charge is -2.06. The third kappa shape index (κ3) is 4.00. The van der Waals surface area contributed by atoms with Gasteiger partial charge in [-0.1, -0.05) is 6.92 Å². The summed E-state index contributed by atoms with van der Waals surface area (Å²) in [6.45, 7) is 1.92. The molecule has 4 heteroatoms. The number of halogens is 2. The highest BCUT2D eigenvalue weighted by Gasteiger charge is 2.05. The summed E-state index contributed by atoms with van der Waals surface area (Å²) in [5, 5.41) is 0. The highest BCUT2D eigenvalue weighted by Crippen LogP contribution is 2.25. The molecule has 15 heavy (non-hydrogen) atoms. The normalized spacial score (nSPS) is 10.1. The quantitative estimate of drug-likeness (QED) is 0.823. The van der Waals surface area contributed by atoms with E-state index in [0.717, 1.165) is 6.42 Å². The molecule has 1 rings (SSSR count). The fraction of sp³-hybridized carbons (Fsp3) is 0.364. The SMILES string of the molecule is CCCC(=O)COc1cc(F)ccc1Br. The van der Waals surface area contributed by atoms with E-state index in [1.165, 1.54) is 12.1 Å². The lowest BCUT2D eigenvalue weighted by atomic mass is 10.2. The van der Waals surface area contributed by atoms with Gasteiger partial charge in [-0.2, -0.15) is 0 Å². The van der Waals surface area contributed by atoms with E-state index in [1.807, 2.05) is 6.92 Å². The van der Waals surface area contributed by atoms with E-state index in [0.29, 0.717) is 16.6 Å². The molecule has 2 nitrogen and oxygen atoms in total. The minimum atomic E-state index is -0.379. The van der Waals surface area contributed by atoms with Gasteiger partial charge in [0.05, 0.1) is 4.47 Å². The lowest BCUT2D eigenvalue weighted by molar-refractivity contribution is -0.121. The number of carbonyl (C=O) groups is 1. The average Bonchev–Trinajstić information content (AvgIpc) is 2.20. The molecule has 0 aliphatic heterocycles. The molecule has 0 fully saturated rings. The molecule has 1 aromatic rings. The molecule has 0 spiro atoms. The summed E-state index contributed by atoms with van der Waals surface area (Å²) in [5.41, 5.74) is 0. The van der Waals surface area contributed by atoms with Crippen LogP contribution in [0.4, 0.5) is 4.39 Å². The second-order valence-corrected chi connectivity index (χ2v) is 4.01. The molecule has 0 bridgehead atoms. The molecule has 0 N–H and O–H groups in total. The maximum Gasteiger partial charge on any atom is 0.170 e. The Hall–Kier alpha value is -0.900. The van der Waals surface area contributed by atoms with Crippen molar-refractivity contribution in [2.45, 2.75) is 19.8 Å². The third-order valence-electron chi connectivity index (χ3n) is 1.81. The summed E-state index contributed by atoms with van der Waals surface area (Å²) in [6.07, 6.45) is 1.29. The van der Waals surface area contributed by atoms with Crippen LogP contribution in [0.25, 0.3) is 0 Å². The van der Waals surface area contributed by atoms with Gasteiger partial charge in [0.15, 0.2) is 5.78 Å². The average molecular weight is 275 g/mol. The van der Waals surface area contributed by atoms with Crippen molar-refractivity contribution >= 4 is 21.7 Å². The summed E-state index contributed by atoms with van der Waals surface area (Å²) in [7, 11) is 0. The molecular formula is C11H12BrFO2. The van der Waals surface area contributed by atoms with E-state index < -0.39 is 0 Å². The maximum absolute atomic E-state index is 12.8. The van der Waals surface area contributed by atoms with Crippen molar-refractivity contribution in [3.05, 3.63) is 28.5 Å². The van der Waals surface area contributed by atoms with Gasteiger partial charge in [0.2, 0.25) is 0 Å². The van der Waals surface area contributed by atoms with Crippen LogP contribution in [-0.4, -0.2) is 12.4 Å². The van der Waals surface area contributed by atoms with Crippen LogP contribution < -0.4 is 4.74 Å². The zero-order chi connectivity index (χ0) is 11.3. The standard InChI is InChI=1S/C11H12BrFO2/c1-2-3-9(14)7-15-11-6-8(13)4-5-10(11)12/h4-6H,2-3,7H2,1H3. The Morgan fingerprint density at radius 1 is 1.53 bits per heavy atom. The summed E-state index contributed by atoms with van der Waals surface area (Å²) in [5.74, 6) is 0.00394. The fourth-order valence-electron chi connectivity index (χ4n) is 1.10. The number of Topliss-reactive ketones (excluding diaryl/α,β-unsaturated/α-hetero) is 1. The summed E-state index contributed by atoms with van der Waals surface area (Å²) < 4.78 is 18.7. The Morgan fingerprint density at radius 2 is 2.27 bits per heavy atom. The summed E-state index contributed by atoms with van der Waals surface area (Å²) in [6, 6.07) is 4.13. The van der Waals surface area contributed by atoms with E-state index in [2.05, 4.69) is 15.9 Å². The van der Waals surface area contributed by atoms with Crippen molar-refractivity contribution in [1.82, 2.24) is 0 Å². The minimum Gasteiger partial charge on any atom is -0.485 e. The summed E-state index contributed by atoms with van der Waals surface area (Å²) in [4.78, 5) is 11.2. The highest BCUT2D eigenvalue weighted by atomic mass is 79.9. The molecule has 0 unspecified atom stereocenters. The predicted molar refractivity (Wildman–Crippen MR) is 59.5 cm³/mol. The van der Waals surface area contributed by atoms with Crippen molar-refractivity contribution in [1.29, 1.82) is 0 Å². The smallest absolute Gasteiger partial charge is 0.170 e. The van der Waals surface area contributed by atoms with Crippen LogP contribution in [0.2, 0.25) is 0 Å². The maximum atomic E-state index is 12.8. The van der Waals surface area contributed by atoms with E-state index in [1.54, 1.807) is 6.07 Å². The van der Waals surface area contributed by atoms with Crippen LogP contribution in [0.15, 0.2) is 22.7 Å². The molecule has 0 aromatic heterocycles. The predicted octanol–water partition coefficient (Wildman–Crippen LogP) is 3.34. The zero-order valence-corrected chi connectivity index (χ0v) is 10.0. The van der Waals surface area contributed by atoms with E-state index in [4.69, 9.17) is 4.74 Å². The first-order chi connectivity index (χ1) is 7.13. The number of rotatable bonds is 5. The Morgan fingerprint density at radius 3 is 2.93 bits per heavy atom. The zero-order valence-electron chi connectivity index (χ0n) is 8.43. The second kappa shape index (κ2) is 5.85. The van der Waals surface area contributed by atoms with Crippen molar-refractivity contribution in [2.24, 2.45) is 0 Å². The largest absolute Gasteiger partial charge is 0.485 e. The molecule has 0 saturated carbocycles. The number of hydrogen-bond donors (Lipinski definition) is 0. The van der Waals surface area contributed by atoms with Crippen LogP contribution in [-0.2, 0) is 4.79 Å². The Kier molecular flexibility index (Phi) is 4.75. The highest BCUT2D eigenvalue weighted by molar-refractivity contribution is 9.10. The van der Waals surface area contributed by atoms with Gasteiger partial charge in [-0.15, -0.1) is 0 Å². The van der Waals surface area contributed by atoms with Crippen LogP contribution in [0.5, 0.6) is 5.75 Å². The van der Waals surface area contributed by atoms with Gasteiger partial charge in [-0.25, -0.2) is 4.39 Å². The first kappa shape index (κ1) is 12.2. The molecule has 0 aliphatic rings. The topological polar surface area (TPSA) is 26.3 Å². The van der Waals surface area contributed by atoms with Crippen molar-refractivity contribution in [3.63, 3.8) is 0 Å². The van der Waals surface area contributed by atoms with Gasteiger partial charge < -0.3 is 4.74 Å². The van der Waals surface area contributed by atoms with Crippen LogP contribution in [0.3, 0.4) is 0 Å². The number of benzene rings is 1. The number of ketones is 1. The van der Waals surface area contributed by atoms with Crippen molar-refractivity contribution in [2.75, 3.05) is 6.61 Å². The van der Waals surface area contributed by atoms with Gasteiger partial charge in [-0.3, -0.25) is 4.79 Å². The van der Waals surface area contributed by atoms with Crippen LogP contribution in [0.1, 0.15) is 19.8 Å². The van der Waals surface area contributed by atoms with E-state index >= 15 is 0 Å². The van der Waals surface area contributed by atoms with Gasteiger partial charge in [0.25, 0.3) is 0 Å². The van der Waals surface area contributed by atoms with Crippen LogP contribution >= 0.6 is 15.9 Å². The first-order valence-electron chi connectivity index (χ1n) is 4.73. The van der Waals surface area contributed by atoms with Gasteiger partial charge in [-0.05, 0) is 34.5 Å². The minimum absolute atomic E-state index is 0.00407. The van der Waals surface area contributed by atoms with Crippen molar-refractivity contribution in [3.8, 4) is 5.75 Å². The molecule has 0 saturated heterocycles. The van der Waals surface area contributed by atoms with E-state index in [9.17, 15) is 9.18 Å². The van der Waals surface area contributed by atoms with Gasteiger partial charge >= 0.3 is 0 Å². The summed E-state index contributed by atoms with van der Waals surface area (Å²) >= 11 is 3.22. The molecular weight excluding hydrogens is 263 g/mol. The number of ether oxygens (including phenoxy) is 1. The monoisotopic (exact) mass is 274 g/mol. The molecule has 0 amide bonds. The van der Waals surface area contributed by atoms with Crippen LogP contribution in [0, 0.1) is 5.82 Å². The molecule has 82 valence electrons. The second-order valence-electron chi connectivity index (χ2n) is 3.15. The Labute approximate surface area is 96.6 Å². The Balaban J connectivity index is 2.57. The fourth-order valence-corrected chi connectivity index (χ4v) is 1.46. The van der Waals surface area contributed by atoms with E-state index in [-0.39, 0.29) is 18.2 Å². The van der Waals surface area contributed by atoms with Gasteiger partial charge in [0.1, 0.15) is 18.2 Å². The molecule has 0 atom stereocenters. The molecule has 0 heterocycles. The molecule has 0 radical (unpaired) electrons. The van der Waals surface area contributed by atoms with Gasteiger partial charge in [0, 0.05) is 12.5 Å². The number of hydrogen-bond acceptors (Lipinski definition) is 2. The van der Waals surface area contributed by atoms with Crippen molar-refractivity contribution < 1.29 is 13.9 Å². The first-order valence-corrected chi connectivity index (χ1v) is 5.52. The number of carbonyl (C=O) groups excluding carboxylic acids is 1. The molecule has 1 aromatic carbocycles.